The zero-order valence-electron chi connectivity index (χ0n) is 37.9. The molecule has 1 saturated heterocycles. The summed E-state index contributed by atoms with van der Waals surface area (Å²) in [4.78, 5) is 108. The number of esters is 1. The first-order valence-corrected chi connectivity index (χ1v) is 22.7. The highest BCUT2D eigenvalue weighted by atomic mass is 32.1. The molecule has 1 aliphatic carbocycles. The molecule has 0 spiro atoms. The Morgan fingerprint density at radius 3 is 2.07 bits per heavy atom. The number of nitrogens with one attached hydrogen (secondary N) is 5. The molecule has 20 nitrogen and oxygen atoms in total. The van der Waals surface area contributed by atoms with Crippen molar-refractivity contribution in [1.82, 2.24) is 31.0 Å². The molecule has 21 heteroatoms. The number of oxime groups is 1. The fourth-order valence-electron chi connectivity index (χ4n) is 6.72. The number of hydrogen-bond acceptors (Lipinski definition) is 15. The van der Waals surface area contributed by atoms with Gasteiger partial charge in [-0.3, -0.25) is 29.3 Å². The van der Waals surface area contributed by atoms with E-state index in [1.807, 2.05) is 78.9 Å². The molecule has 0 bridgehead atoms. The van der Waals surface area contributed by atoms with Crippen molar-refractivity contribution in [1.29, 1.82) is 0 Å². The Kier molecular flexibility index (Phi) is 15.7. The number of β-lactam (4-membered cyclic amide) rings is 1. The van der Waals surface area contributed by atoms with E-state index < -0.39 is 70.1 Å². The third kappa shape index (κ3) is 13.3. The minimum Gasteiger partial charge on any atom is -0.483 e. The molecule has 2 atom stereocenters. The number of aromatic nitrogens is 2. The lowest BCUT2D eigenvalue weighted by Crippen LogP contribution is -2.72. The Morgan fingerprint density at radius 1 is 0.841 bits per heavy atom. The molecule has 7 rings (SSSR count). The standard InChI is InChI=1S/C48H50N8O12S/c1-47(2,3)67-46(63)54-45-52-35(29-69-45)39(55-68-48(20-13-21-48)44(62)65-27-31-16-9-5-10-17-31)41(59)53-38-34(51-40(38)58)24-50-43(61)42(60)49-23-33-22-36(57)37(64-26-30-14-7-4-8-15-30)25-56(33)66-28-32-18-11-6-12-19-32/h4-12,14-19,22,25,29,34,38H,13,20-21,23-24,26-28H2,1-3H3,(H,49,60)(H,50,61)(H,51,58)(H,53,59)(H,52,54,63)/b55-39-/t34-,38+/m1/s1. The van der Waals surface area contributed by atoms with Gasteiger partial charge < -0.3 is 45.2 Å². The second-order valence-corrected chi connectivity index (χ2v) is 17.8. The molecule has 360 valence electrons. The second-order valence-electron chi connectivity index (χ2n) is 16.9. The molecule has 3 heterocycles. The number of pyridine rings is 1. The number of hydrogen-bond donors (Lipinski definition) is 5. The van der Waals surface area contributed by atoms with Gasteiger partial charge in [0.05, 0.1) is 24.5 Å². The summed E-state index contributed by atoms with van der Waals surface area (Å²) in [6.07, 6.45) is 1.69. The fraction of sp³-hybridized carbons (Fsp3) is 0.312. The number of nitrogens with zero attached hydrogens (tertiary/aromatic N) is 3. The van der Waals surface area contributed by atoms with Crippen LogP contribution in [0.15, 0.2) is 119 Å². The summed E-state index contributed by atoms with van der Waals surface area (Å²) < 4.78 is 17.9. The van der Waals surface area contributed by atoms with Crippen LogP contribution in [0.2, 0.25) is 0 Å². The number of benzene rings is 3. The first-order chi connectivity index (χ1) is 33.1. The Balaban J connectivity index is 0.987. The highest BCUT2D eigenvalue weighted by Gasteiger charge is 2.50. The lowest BCUT2D eigenvalue weighted by molar-refractivity contribution is -0.187. The van der Waals surface area contributed by atoms with Crippen LogP contribution >= 0.6 is 11.3 Å². The molecular formula is C48H50N8O12S. The van der Waals surface area contributed by atoms with Crippen LogP contribution in [0.25, 0.3) is 0 Å². The van der Waals surface area contributed by atoms with Crippen LogP contribution < -0.4 is 41.6 Å². The van der Waals surface area contributed by atoms with E-state index in [0.717, 1.165) is 28.0 Å². The Hall–Kier alpha value is -8.07. The summed E-state index contributed by atoms with van der Waals surface area (Å²) in [5.74, 6) is -4.37. The molecule has 2 fully saturated rings. The van der Waals surface area contributed by atoms with E-state index in [1.165, 1.54) is 22.4 Å². The summed E-state index contributed by atoms with van der Waals surface area (Å²) in [7, 11) is 0. The van der Waals surface area contributed by atoms with Gasteiger partial charge in [0.1, 0.15) is 37.2 Å². The predicted molar refractivity (Wildman–Crippen MR) is 249 cm³/mol. The molecule has 1 aliphatic heterocycles. The van der Waals surface area contributed by atoms with Gasteiger partial charge in [0.25, 0.3) is 5.91 Å². The highest BCUT2D eigenvalue weighted by molar-refractivity contribution is 7.14. The van der Waals surface area contributed by atoms with Crippen LogP contribution in [-0.2, 0) is 64.6 Å². The van der Waals surface area contributed by atoms with Crippen molar-refractivity contribution in [3.8, 4) is 5.75 Å². The fourth-order valence-corrected chi connectivity index (χ4v) is 7.41. The van der Waals surface area contributed by atoms with Crippen molar-refractivity contribution >= 4 is 57.9 Å². The lowest BCUT2D eigenvalue weighted by atomic mass is 9.80. The molecule has 3 aromatic carbocycles. The van der Waals surface area contributed by atoms with Crippen molar-refractivity contribution < 1.29 is 52.7 Å². The van der Waals surface area contributed by atoms with E-state index in [4.69, 9.17) is 23.9 Å². The average molecular weight is 963 g/mol. The van der Waals surface area contributed by atoms with Crippen molar-refractivity contribution in [2.45, 2.75) is 89.7 Å². The summed E-state index contributed by atoms with van der Waals surface area (Å²) in [6, 6.07) is 26.7. The summed E-state index contributed by atoms with van der Waals surface area (Å²) in [5, 5.41) is 18.1. The maximum Gasteiger partial charge on any atom is 0.413 e. The number of amides is 5. The van der Waals surface area contributed by atoms with E-state index >= 15 is 0 Å². The van der Waals surface area contributed by atoms with Gasteiger partial charge in [-0.05, 0) is 43.9 Å². The molecule has 1 saturated carbocycles. The minimum absolute atomic E-state index is 0.00268. The topological polar surface area (TPSA) is 256 Å². The van der Waals surface area contributed by atoms with Gasteiger partial charge in [-0.1, -0.05) is 96.2 Å². The number of rotatable bonds is 19. The van der Waals surface area contributed by atoms with E-state index in [1.54, 1.807) is 32.9 Å². The van der Waals surface area contributed by atoms with E-state index in [0.29, 0.717) is 6.42 Å². The molecular weight excluding hydrogens is 913 g/mol. The Morgan fingerprint density at radius 2 is 1.46 bits per heavy atom. The van der Waals surface area contributed by atoms with Gasteiger partial charge in [-0.25, -0.2) is 14.6 Å². The quantitative estimate of drug-likeness (QED) is 0.0261. The Labute approximate surface area is 399 Å². The van der Waals surface area contributed by atoms with Crippen LogP contribution in [0.5, 0.6) is 5.75 Å². The SMILES string of the molecule is CC(C)(C)OC(=O)Nc1nc(/C(=N/OC2(C(=O)OCc3ccccc3)CCC2)C(=O)N[C@@H]2C(=O)N[C@@H]2CNC(=O)C(=O)NCc2cc(=O)c(OCc3ccccc3)cn2OCc2ccccc2)cs1. The van der Waals surface area contributed by atoms with Crippen LogP contribution in [0.4, 0.5) is 9.93 Å². The third-order valence-corrected chi connectivity index (χ3v) is 11.3. The largest absolute Gasteiger partial charge is 0.483 e. The average Bonchev–Trinajstić information content (AvgIpc) is 3.78. The van der Waals surface area contributed by atoms with E-state index in [9.17, 15) is 33.6 Å². The van der Waals surface area contributed by atoms with Crippen molar-refractivity contribution in [2.24, 2.45) is 5.16 Å². The number of thiazole rings is 1. The van der Waals surface area contributed by atoms with Crippen molar-refractivity contribution in [3.63, 3.8) is 0 Å². The van der Waals surface area contributed by atoms with Gasteiger partial charge in [-0.15, -0.1) is 11.3 Å². The van der Waals surface area contributed by atoms with Gasteiger partial charge in [0, 0.05) is 30.8 Å². The summed E-state index contributed by atoms with van der Waals surface area (Å²) >= 11 is 0.950. The zero-order chi connectivity index (χ0) is 49.0. The number of carbonyl (C=O) groups is 6. The van der Waals surface area contributed by atoms with Crippen molar-refractivity contribution in [3.05, 3.63) is 147 Å². The minimum atomic E-state index is -1.50. The molecule has 69 heavy (non-hydrogen) atoms. The van der Waals surface area contributed by atoms with Gasteiger partial charge in [0.2, 0.25) is 16.9 Å². The molecule has 0 radical (unpaired) electrons. The van der Waals surface area contributed by atoms with Gasteiger partial charge >= 0.3 is 23.9 Å². The maximum absolute atomic E-state index is 14.0. The monoisotopic (exact) mass is 962 g/mol. The second kappa shape index (κ2) is 22.2. The first-order valence-electron chi connectivity index (χ1n) is 21.8. The smallest absolute Gasteiger partial charge is 0.413 e. The summed E-state index contributed by atoms with van der Waals surface area (Å²) in [5.41, 5.74) is -0.660. The normalized spacial score (nSPS) is 16.0. The molecule has 5 aromatic rings. The van der Waals surface area contributed by atoms with E-state index in [-0.39, 0.29) is 68.0 Å². The predicted octanol–water partition coefficient (Wildman–Crippen LogP) is 3.66. The molecule has 2 aromatic heterocycles. The lowest BCUT2D eigenvalue weighted by Gasteiger charge is -2.37. The van der Waals surface area contributed by atoms with Crippen molar-refractivity contribution in [2.75, 3.05) is 11.9 Å². The van der Waals surface area contributed by atoms with Crippen LogP contribution in [-0.4, -0.2) is 80.9 Å². The van der Waals surface area contributed by atoms with Gasteiger partial charge in [0.15, 0.2) is 16.6 Å². The molecule has 5 N–H and O–H groups in total. The first kappa shape index (κ1) is 48.9. The molecule has 0 unspecified atom stereocenters. The van der Waals surface area contributed by atoms with E-state index in [2.05, 4.69) is 36.7 Å². The maximum atomic E-state index is 14.0. The zero-order valence-corrected chi connectivity index (χ0v) is 38.7. The Bertz CT molecular complexity index is 2740. The van der Waals surface area contributed by atoms with Crippen LogP contribution in [0.3, 0.4) is 0 Å². The number of carbonyl (C=O) groups excluding carboxylic acids is 6. The number of anilines is 1. The third-order valence-electron chi connectivity index (χ3n) is 10.6. The van der Waals surface area contributed by atoms with Crippen LogP contribution in [0, 0.1) is 0 Å². The van der Waals surface area contributed by atoms with Crippen LogP contribution in [0.1, 0.15) is 68.1 Å². The molecule has 2 aliphatic rings. The summed E-state index contributed by atoms with van der Waals surface area (Å²) in [6.45, 7) is 4.68. The molecule has 5 amide bonds. The highest BCUT2D eigenvalue weighted by Crippen LogP contribution is 2.37. The number of ether oxygens (including phenoxy) is 3. The van der Waals surface area contributed by atoms with Gasteiger partial charge in [-0.2, -0.15) is 4.73 Å².